The number of Topliss-reactive ketones (excluding diaryl/α,β-unsaturated/α-hetero) is 1. The average Bonchev–Trinajstić information content (AvgIpc) is 2.60. The Labute approximate surface area is 96.8 Å². The molecule has 2 N–H and O–H groups in total. The zero-order valence-electron chi connectivity index (χ0n) is 10.4. The molecule has 0 saturated heterocycles. The zero-order valence-corrected chi connectivity index (χ0v) is 10.4. The molecular weight excluding hydrogens is 202 g/mol. The van der Waals surface area contributed by atoms with E-state index in [1.807, 2.05) is 31.5 Å². The average molecular weight is 223 g/mol. The molecule has 1 rings (SSSR count). The fourth-order valence-electron chi connectivity index (χ4n) is 1.86. The summed E-state index contributed by atoms with van der Waals surface area (Å²) in [6, 6.07) is 1.98. The molecule has 0 spiro atoms. The Morgan fingerprint density at radius 1 is 1.56 bits per heavy atom. The number of hydrogen-bond acceptors (Lipinski definition) is 3. The molecule has 1 atom stereocenters. The van der Waals surface area contributed by atoms with Crippen LogP contribution >= 0.6 is 0 Å². The topological polar surface area (TPSA) is 60.9 Å². The number of nitrogens with zero attached hydrogens (tertiary/aromatic N) is 2. The Kier molecular flexibility index (Phi) is 4.68. The third-order valence-corrected chi connectivity index (χ3v) is 2.87. The largest absolute Gasteiger partial charge is 0.330 e. The van der Waals surface area contributed by atoms with Gasteiger partial charge in [-0.25, -0.2) is 0 Å². The number of carbonyl (C=O) groups excluding carboxylic acids is 1. The van der Waals surface area contributed by atoms with Gasteiger partial charge in [-0.3, -0.25) is 9.48 Å². The molecule has 1 heterocycles. The van der Waals surface area contributed by atoms with Crippen LogP contribution in [0.1, 0.15) is 31.7 Å². The van der Waals surface area contributed by atoms with E-state index in [1.54, 1.807) is 0 Å². The van der Waals surface area contributed by atoms with E-state index in [2.05, 4.69) is 5.10 Å². The third kappa shape index (κ3) is 2.92. The first kappa shape index (κ1) is 12.9. The summed E-state index contributed by atoms with van der Waals surface area (Å²) in [6.07, 6.45) is 1.26. The van der Waals surface area contributed by atoms with E-state index in [9.17, 15) is 4.79 Å². The van der Waals surface area contributed by atoms with E-state index in [1.165, 1.54) is 0 Å². The predicted molar refractivity (Wildman–Crippen MR) is 64.2 cm³/mol. The van der Waals surface area contributed by atoms with Crippen molar-refractivity contribution in [2.24, 2.45) is 11.7 Å². The van der Waals surface area contributed by atoms with E-state index < -0.39 is 0 Å². The molecule has 0 aliphatic rings. The standard InChI is InChI=1S/C12H21N3O/c1-4-10(8-13)12(16)7-11-6-9(3)14-15(11)5-2/h6,10H,4-5,7-8,13H2,1-3H3. The molecule has 1 unspecified atom stereocenters. The van der Waals surface area contributed by atoms with Gasteiger partial charge in [0.25, 0.3) is 0 Å². The van der Waals surface area contributed by atoms with Crippen molar-refractivity contribution in [1.29, 1.82) is 0 Å². The van der Waals surface area contributed by atoms with Crippen molar-refractivity contribution in [1.82, 2.24) is 9.78 Å². The van der Waals surface area contributed by atoms with Crippen molar-refractivity contribution < 1.29 is 4.79 Å². The van der Waals surface area contributed by atoms with E-state index >= 15 is 0 Å². The zero-order chi connectivity index (χ0) is 12.1. The lowest BCUT2D eigenvalue weighted by Gasteiger charge is -2.11. The van der Waals surface area contributed by atoms with Crippen molar-refractivity contribution in [3.8, 4) is 0 Å². The minimum Gasteiger partial charge on any atom is -0.330 e. The lowest BCUT2D eigenvalue weighted by molar-refractivity contribution is -0.122. The van der Waals surface area contributed by atoms with E-state index in [-0.39, 0.29) is 11.7 Å². The lowest BCUT2D eigenvalue weighted by Crippen LogP contribution is -2.25. The SMILES string of the molecule is CCC(CN)C(=O)Cc1cc(C)nn1CC. The van der Waals surface area contributed by atoms with Crippen LogP contribution < -0.4 is 5.73 Å². The summed E-state index contributed by atoms with van der Waals surface area (Å²) in [6.45, 7) is 7.21. The van der Waals surface area contributed by atoms with Crippen molar-refractivity contribution in [3.05, 3.63) is 17.5 Å². The molecule has 4 heteroatoms. The monoisotopic (exact) mass is 223 g/mol. The second kappa shape index (κ2) is 5.80. The Morgan fingerprint density at radius 3 is 2.75 bits per heavy atom. The van der Waals surface area contributed by atoms with Crippen molar-refractivity contribution >= 4 is 5.78 Å². The molecule has 0 aliphatic carbocycles. The first-order chi connectivity index (χ1) is 7.62. The van der Waals surface area contributed by atoms with Crippen LogP contribution in [0.3, 0.4) is 0 Å². The minimum absolute atomic E-state index is 0.0134. The normalized spacial score (nSPS) is 12.8. The highest BCUT2D eigenvalue weighted by Crippen LogP contribution is 2.10. The second-order valence-corrected chi connectivity index (χ2v) is 4.08. The summed E-state index contributed by atoms with van der Waals surface area (Å²) in [5, 5.41) is 4.33. The number of aryl methyl sites for hydroxylation is 2. The van der Waals surface area contributed by atoms with Gasteiger partial charge in [-0.15, -0.1) is 0 Å². The fraction of sp³-hybridized carbons (Fsp3) is 0.667. The molecule has 4 nitrogen and oxygen atoms in total. The van der Waals surface area contributed by atoms with E-state index in [0.29, 0.717) is 13.0 Å². The number of aromatic nitrogens is 2. The first-order valence-electron chi connectivity index (χ1n) is 5.88. The summed E-state index contributed by atoms with van der Waals surface area (Å²) in [5.74, 6) is 0.208. The highest BCUT2D eigenvalue weighted by atomic mass is 16.1. The van der Waals surface area contributed by atoms with Crippen LogP contribution in [-0.2, 0) is 17.8 Å². The summed E-state index contributed by atoms with van der Waals surface area (Å²) in [7, 11) is 0. The Balaban J connectivity index is 2.75. The maximum atomic E-state index is 11.9. The smallest absolute Gasteiger partial charge is 0.143 e. The van der Waals surface area contributed by atoms with Crippen LogP contribution in [0.25, 0.3) is 0 Å². The maximum Gasteiger partial charge on any atom is 0.143 e. The lowest BCUT2D eigenvalue weighted by atomic mass is 9.98. The van der Waals surface area contributed by atoms with Gasteiger partial charge in [-0.05, 0) is 26.3 Å². The molecule has 0 bridgehead atoms. The summed E-state index contributed by atoms with van der Waals surface area (Å²) in [4.78, 5) is 11.9. The van der Waals surface area contributed by atoms with Crippen molar-refractivity contribution in [2.45, 2.75) is 40.2 Å². The number of rotatable bonds is 6. The van der Waals surface area contributed by atoms with Crippen LogP contribution in [0.15, 0.2) is 6.07 Å². The van der Waals surface area contributed by atoms with Crippen LogP contribution in [0, 0.1) is 12.8 Å². The molecule has 0 aliphatic heterocycles. The van der Waals surface area contributed by atoms with Crippen LogP contribution in [0.5, 0.6) is 0 Å². The van der Waals surface area contributed by atoms with Gasteiger partial charge >= 0.3 is 0 Å². The van der Waals surface area contributed by atoms with Gasteiger partial charge in [0.2, 0.25) is 0 Å². The minimum atomic E-state index is -0.0134. The van der Waals surface area contributed by atoms with Gasteiger partial charge in [0, 0.05) is 31.1 Å². The highest BCUT2D eigenvalue weighted by Gasteiger charge is 2.17. The molecular formula is C12H21N3O. The molecule has 0 fully saturated rings. The summed E-state index contributed by atoms with van der Waals surface area (Å²) in [5.41, 5.74) is 7.53. The van der Waals surface area contributed by atoms with Gasteiger partial charge in [0.05, 0.1) is 5.69 Å². The number of carbonyl (C=O) groups is 1. The molecule has 16 heavy (non-hydrogen) atoms. The summed E-state index contributed by atoms with van der Waals surface area (Å²) >= 11 is 0. The Morgan fingerprint density at radius 2 is 2.25 bits per heavy atom. The van der Waals surface area contributed by atoms with Crippen LogP contribution in [-0.4, -0.2) is 22.1 Å². The van der Waals surface area contributed by atoms with Crippen LogP contribution in [0.2, 0.25) is 0 Å². The predicted octanol–water partition coefficient (Wildman–Crippen LogP) is 1.31. The molecule has 0 radical (unpaired) electrons. The van der Waals surface area contributed by atoms with Crippen molar-refractivity contribution in [3.63, 3.8) is 0 Å². The molecule has 0 saturated carbocycles. The van der Waals surface area contributed by atoms with Gasteiger partial charge in [-0.1, -0.05) is 6.92 Å². The number of hydrogen-bond donors (Lipinski definition) is 1. The first-order valence-corrected chi connectivity index (χ1v) is 5.88. The highest BCUT2D eigenvalue weighted by molar-refractivity contribution is 5.83. The Bertz CT molecular complexity index is 353. The number of nitrogens with two attached hydrogens (primary N) is 1. The maximum absolute atomic E-state index is 11.9. The van der Waals surface area contributed by atoms with Gasteiger partial charge in [0.1, 0.15) is 5.78 Å². The molecule has 1 aromatic rings. The molecule has 0 aromatic carbocycles. The molecule has 1 aromatic heterocycles. The van der Waals surface area contributed by atoms with E-state index in [0.717, 1.165) is 24.4 Å². The van der Waals surface area contributed by atoms with Gasteiger partial charge in [-0.2, -0.15) is 5.10 Å². The third-order valence-electron chi connectivity index (χ3n) is 2.87. The second-order valence-electron chi connectivity index (χ2n) is 4.08. The van der Waals surface area contributed by atoms with Gasteiger partial charge in [0.15, 0.2) is 0 Å². The van der Waals surface area contributed by atoms with Gasteiger partial charge < -0.3 is 5.73 Å². The quantitative estimate of drug-likeness (QED) is 0.791. The summed E-state index contributed by atoms with van der Waals surface area (Å²) < 4.78 is 1.89. The Hall–Kier alpha value is -1.16. The fourth-order valence-corrected chi connectivity index (χ4v) is 1.86. The van der Waals surface area contributed by atoms with Crippen molar-refractivity contribution in [2.75, 3.05) is 6.54 Å². The number of ketones is 1. The molecule has 90 valence electrons. The van der Waals surface area contributed by atoms with Crippen LogP contribution in [0.4, 0.5) is 0 Å². The molecule has 0 amide bonds. The van der Waals surface area contributed by atoms with E-state index in [4.69, 9.17) is 5.73 Å².